The molecular weight excluding hydrogens is 450 g/mol. The molecular formula is C23H24F2N4O3S. The van der Waals surface area contributed by atoms with E-state index in [-0.39, 0.29) is 29.2 Å². The van der Waals surface area contributed by atoms with Gasteiger partial charge in [-0.3, -0.25) is 0 Å². The van der Waals surface area contributed by atoms with Crippen LogP contribution in [-0.4, -0.2) is 37.3 Å². The maximum atomic E-state index is 14.5. The highest BCUT2D eigenvalue weighted by Gasteiger charge is 2.15. The fourth-order valence-corrected chi connectivity index (χ4v) is 4.43. The van der Waals surface area contributed by atoms with Gasteiger partial charge in [0.15, 0.2) is 15.7 Å². The van der Waals surface area contributed by atoms with Gasteiger partial charge in [-0.2, -0.15) is 0 Å². The van der Waals surface area contributed by atoms with Crippen LogP contribution in [0.4, 0.5) is 26.1 Å². The van der Waals surface area contributed by atoms with Crippen LogP contribution in [0.1, 0.15) is 25.3 Å². The first-order chi connectivity index (χ1) is 15.7. The number of nitrogens with zero attached hydrogens (tertiary/aromatic N) is 2. The predicted molar refractivity (Wildman–Crippen MR) is 123 cm³/mol. The average Bonchev–Trinajstić information content (AvgIpc) is 2.72. The Morgan fingerprint density at radius 1 is 1.15 bits per heavy atom. The third-order valence-electron chi connectivity index (χ3n) is 5.08. The number of anilines is 3. The number of nitrogens with one attached hydrogen (secondary N) is 2. The van der Waals surface area contributed by atoms with Crippen molar-refractivity contribution in [2.75, 3.05) is 23.4 Å². The van der Waals surface area contributed by atoms with Crippen LogP contribution in [0.25, 0.3) is 11.3 Å². The fourth-order valence-electron chi connectivity index (χ4n) is 3.66. The molecule has 0 saturated carbocycles. The van der Waals surface area contributed by atoms with Crippen molar-refractivity contribution in [3.05, 3.63) is 59.8 Å². The molecule has 3 aromatic rings. The molecule has 4 rings (SSSR count). The first kappa shape index (κ1) is 22.9. The number of hydrogen-bond acceptors (Lipinski definition) is 7. The minimum atomic E-state index is -3.27. The number of aromatic nitrogens is 2. The van der Waals surface area contributed by atoms with E-state index in [0.29, 0.717) is 42.0 Å². The summed E-state index contributed by atoms with van der Waals surface area (Å²) >= 11 is 0. The first-order valence-corrected chi connectivity index (χ1v) is 12.5. The Morgan fingerprint density at radius 3 is 2.76 bits per heavy atom. The highest BCUT2D eigenvalue weighted by molar-refractivity contribution is 7.89. The summed E-state index contributed by atoms with van der Waals surface area (Å²) in [7, 11) is -3.27. The van der Waals surface area contributed by atoms with Gasteiger partial charge in [-0.1, -0.05) is 0 Å². The number of hydrogen-bond donors (Lipinski definition) is 2. The smallest absolute Gasteiger partial charge is 0.227 e. The molecule has 2 aromatic carbocycles. The van der Waals surface area contributed by atoms with E-state index in [0.717, 1.165) is 12.5 Å². The lowest BCUT2D eigenvalue weighted by Gasteiger charge is -2.18. The van der Waals surface area contributed by atoms with Gasteiger partial charge in [0.1, 0.15) is 17.3 Å². The summed E-state index contributed by atoms with van der Waals surface area (Å²) in [5.74, 6) is -0.656. The topological polar surface area (TPSA) is 93.2 Å². The third kappa shape index (κ3) is 5.95. The molecule has 0 aliphatic carbocycles. The Labute approximate surface area is 191 Å². The van der Waals surface area contributed by atoms with Crippen LogP contribution in [0.5, 0.6) is 5.75 Å². The van der Waals surface area contributed by atoms with Crippen molar-refractivity contribution in [2.24, 2.45) is 0 Å². The normalized spacial score (nSPS) is 16.3. The molecule has 2 heterocycles. The van der Waals surface area contributed by atoms with E-state index in [9.17, 15) is 17.2 Å². The van der Waals surface area contributed by atoms with Crippen molar-refractivity contribution < 1.29 is 21.9 Å². The zero-order valence-corrected chi connectivity index (χ0v) is 19.0. The molecule has 2 N–H and O–H groups in total. The number of ether oxygens (including phenoxy) is 1. The van der Waals surface area contributed by atoms with Gasteiger partial charge < -0.3 is 15.4 Å². The molecule has 0 spiro atoms. The molecule has 0 saturated heterocycles. The Kier molecular flexibility index (Phi) is 6.46. The number of halogens is 2. The van der Waals surface area contributed by atoms with Gasteiger partial charge in [-0.25, -0.2) is 27.2 Å². The van der Waals surface area contributed by atoms with Crippen LogP contribution in [0.15, 0.2) is 42.6 Å². The molecule has 33 heavy (non-hydrogen) atoms. The molecule has 174 valence electrons. The highest BCUT2D eigenvalue weighted by atomic mass is 32.2. The van der Waals surface area contributed by atoms with Crippen molar-refractivity contribution in [2.45, 2.75) is 31.6 Å². The Morgan fingerprint density at radius 2 is 1.97 bits per heavy atom. The standard InChI is InChI=1S/C23H24F2N4O3S/c1-14-4-3-7-26-21-10-16(5-6-19(21)24)22-20(25)12-27-23(29-22)28-17-8-15(13-33(2,30)31)9-18(11-17)32-14/h5-6,8-12,14,26H,3-4,7,13H2,1-2H3,(H,27,28,29). The molecule has 7 nitrogen and oxygen atoms in total. The van der Waals surface area contributed by atoms with Gasteiger partial charge in [0.25, 0.3) is 0 Å². The lowest BCUT2D eigenvalue weighted by Crippen LogP contribution is -2.15. The molecule has 10 heteroatoms. The Balaban J connectivity index is 1.79. The molecule has 0 radical (unpaired) electrons. The summed E-state index contributed by atoms with van der Waals surface area (Å²) in [5, 5.41) is 6.04. The fraction of sp³-hybridized carbons (Fsp3) is 0.304. The first-order valence-electron chi connectivity index (χ1n) is 10.5. The molecule has 1 atom stereocenters. The van der Waals surface area contributed by atoms with E-state index >= 15 is 0 Å². The molecule has 1 aliphatic heterocycles. The van der Waals surface area contributed by atoms with E-state index in [1.807, 2.05) is 6.92 Å². The van der Waals surface area contributed by atoms with Crippen molar-refractivity contribution in [3.63, 3.8) is 0 Å². The van der Waals surface area contributed by atoms with Crippen molar-refractivity contribution in [1.29, 1.82) is 0 Å². The summed E-state index contributed by atoms with van der Waals surface area (Å²) in [4.78, 5) is 8.27. The van der Waals surface area contributed by atoms with E-state index in [4.69, 9.17) is 4.74 Å². The number of rotatable bonds is 2. The maximum Gasteiger partial charge on any atom is 0.227 e. The molecule has 6 bridgehead atoms. The quantitative estimate of drug-likeness (QED) is 0.557. The van der Waals surface area contributed by atoms with Gasteiger partial charge in [0.2, 0.25) is 5.95 Å². The molecule has 1 aromatic heterocycles. The van der Waals surface area contributed by atoms with Gasteiger partial charge in [0.05, 0.1) is 23.7 Å². The second kappa shape index (κ2) is 9.30. The van der Waals surface area contributed by atoms with Crippen molar-refractivity contribution in [1.82, 2.24) is 9.97 Å². The van der Waals surface area contributed by atoms with Gasteiger partial charge >= 0.3 is 0 Å². The minimum absolute atomic E-state index is 0.0139. The van der Waals surface area contributed by atoms with Crippen LogP contribution < -0.4 is 15.4 Å². The third-order valence-corrected chi connectivity index (χ3v) is 5.93. The lowest BCUT2D eigenvalue weighted by molar-refractivity contribution is 0.209. The molecule has 0 fully saturated rings. The summed E-state index contributed by atoms with van der Waals surface area (Å²) in [5.41, 5.74) is 1.72. The van der Waals surface area contributed by atoms with Crippen LogP contribution >= 0.6 is 0 Å². The van der Waals surface area contributed by atoms with Crippen molar-refractivity contribution >= 4 is 27.2 Å². The zero-order valence-electron chi connectivity index (χ0n) is 18.2. The number of benzene rings is 2. The Bertz CT molecular complexity index is 1280. The highest BCUT2D eigenvalue weighted by Crippen LogP contribution is 2.29. The van der Waals surface area contributed by atoms with Gasteiger partial charge in [-0.15, -0.1) is 0 Å². The Hall–Kier alpha value is -3.27. The monoisotopic (exact) mass is 474 g/mol. The molecule has 1 unspecified atom stereocenters. The second-order valence-electron chi connectivity index (χ2n) is 8.14. The SMILES string of the molecule is CC1CCCNc2cc(ccc2F)-c2nc(ncc2F)Nc2cc(CS(C)(=O)=O)cc(c2)O1. The van der Waals surface area contributed by atoms with Crippen LogP contribution in [-0.2, 0) is 15.6 Å². The average molecular weight is 475 g/mol. The molecule has 0 amide bonds. The second-order valence-corrected chi connectivity index (χ2v) is 10.3. The van der Waals surface area contributed by atoms with Crippen LogP contribution in [0.3, 0.4) is 0 Å². The van der Waals surface area contributed by atoms with E-state index < -0.39 is 21.5 Å². The lowest BCUT2D eigenvalue weighted by atomic mass is 10.1. The number of fused-ring (bicyclic) bond motifs is 7. The van der Waals surface area contributed by atoms with Crippen LogP contribution in [0.2, 0.25) is 0 Å². The van der Waals surface area contributed by atoms with E-state index in [2.05, 4.69) is 20.6 Å². The summed E-state index contributed by atoms with van der Waals surface area (Å²) in [6, 6.07) is 9.30. The maximum absolute atomic E-state index is 14.5. The van der Waals surface area contributed by atoms with Gasteiger partial charge in [-0.05, 0) is 55.7 Å². The zero-order chi connectivity index (χ0) is 23.6. The van der Waals surface area contributed by atoms with Gasteiger partial charge in [0, 0.05) is 30.1 Å². The summed E-state index contributed by atoms with van der Waals surface area (Å²) in [6.07, 6.45) is 3.42. The number of sulfone groups is 1. The summed E-state index contributed by atoms with van der Waals surface area (Å²) < 4.78 is 58.5. The summed E-state index contributed by atoms with van der Waals surface area (Å²) in [6.45, 7) is 2.41. The minimum Gasteiger partial charge on any atom is -0.491 e. The largest absolute Gasteiger partial charge is 0.491 e. The van der Waals surface area contributed by atoms with Crippen molar-refractivity contribution in [3.8, 4) is 17.0 Å². The molecule has 1 aliphatic rings. The van der Waals surface area contributed by atoms with Crippen LogP contribution in [0, 0.1) is 11.6 Å². The van der Waals surface area contributed by atoms with E-state index in [1.54, 1.807) is 18.2 Å². The van der Waals surface area contributed by atoms with E-state index in [1.165, 1.54) is 18.2 Å². The predicted octanol–water partition coefficient (Wildman–Crippen LogP) is 4.68.